The number of rotatable bonds is 5. The Kier molecular flexibility index (Phi) is 5.65. The molecule has 5 nitrogen and oxygen atoms in total. The van der Waals surface area contributed by atoms with Crippen molar-refractivity contribution in [1.82, 2.24) is 9.97 Å². The molecule has 1 aromatic heterocycles. The molecule has 1 amide bonds. The minimum Gasteiger partial charge on any atom is -0.366 e. The molecule has 0 bridgehead atoms. The Morgan fingerprint density at radius 1 is 1.08 bits per heavy atom. The summed E-state index contributed by atoms with van der Waals surface area (Å²) in [6.45, 7) is 0.429. The summed E-state index contributed by atoms with van der Waals surface area (Å²) in [6, 6.07) is 12.5. The van der Waals surface area contributed by atoms with Crippen LogP contribution in [0.5, 0.6) is 0 Å². The van der Waals surface area contributed by atoms with Gasteiger partial charge in [0, 0.05) is 12.6 Å². The fourth-order valence-electron chi connectivity index (χ4n) is 2.16. The van der Waals surface area contributed by atoms with E-state index in [9.17, 15) is 9.18 Å². The van der Waals surface area contributed by atoms with E-state index in [1.165, 1.54) is 24.5 Å². The largest absolute Gasteiger partial charge is 0.366 e. The molecule has 0 spiro atoms. The van der Waals surface area contributed by atoms with Crippen LogP contribution in [0.4, 0.5) is 15.9 Å². The van der Waals surface area contributed by atoms with Gasteiger partial charge in [-0.3, -0.25) is 4.79 Å². The standard InChI is InChI=1S/C18H13Cl2FN4O/c19-13-2-1-3-14(17(13)20)25-18(26)15-8-16(24-10-23-15)22-9-11-4-6-12(21)7-5-11/h1-8,10H,9H2,(H,25,26)(H,22,23,24). The number of amides is 1. The lowest BCUT2D eigenvalue weighted by Gasteiger charge is -2.09. The van der Waals surface area contributed by atoms with Gasteiger partial charge < -0.3 is 10.6 Å². The zero-order valence-corrected chi connectivity index (χ0v) is 14.9. The van der Waals surface area contributed by atoms with E-state index in [1.54, 1.807) is 30.3 Å². The monoisotopic (exact) mass is 390 g/mol. The van der Waals surface area contributed by atoms with Crippen molar-refractivity contribution in [2.75, 3.05) is 10.6 Å². The zero-order chi connectivity index (χ0) is 18.5. The minimum atomic E-state index is -0.443. The lowest BCUT2D eigenvalue weighted by atomic mass is 10.2. The van der Waals surface area contributed by atoms with Crippen LogP contribution in [0.15, 0.2) is 54.9 Å². The van der Waals surface area contributed by atoms with E-state index in [0.29, 0.717) is 23.1 Å². The first-order valence-corrected chi connectivity index (χ1v) is 8.34. The van der Waals surface area contributed by atoms with Crippen molar-refractivity contribution >= 4 is 40.6 Å². The second-order valence-electron chi connectivity index (χ2n) is 5.32. The van der Waals surface area contributed by atoms with Crippen molar-refractivity contribution in [3.63, 3.8) is 0 Å². The van der Waals surface area contributed by atoms with Gasteiger partial charge in [0.1, 0.15) is 23.7 Å². The Labute approximate surface area is 159 Å². The normalized spacial score (nSPS) is 10.4. The molecule has 0 unspecified atom stereocenters. The van der Waals surface area contributed by atoms with E-state index in [4.69, 9.17) is 23.2 Å². The Balaban J connectivity index is 1.69. The number of carbonyl (C=O) groups is 1. The van der Waals surface area contributed by atoms with E-state index in [0.717, 1.165) is 5.56 Å². The maximum atomic E-state index is 12.9. The topological polar surface area (TPSA) is 66.9 Å². The number of nitrogens with zero attached hydrogens (tertiary/aromatic N) is 2. The highest BCUT2D eigenvalue weighted by Gasteiger charge is 2.12. The molecule has 0 saturated heterocycles. The van der Waals surface area contributed by atoms with E-state index in [1.807, 2.05) is 0 Å². The molecule has 26 heavy (non-hydrogen) atoms. The number of nitrogens with one attached hydrogen (secondary N) is 2. The highest BCUT2D eigenvalue weighted by atomic mass is 35.5. The van der Waals surface area contributed by atoms with Gasteiger partial charge in [-0.1, -0.05) is 41.4 Å². The van der Waals surface area contributed by atoms with Crippen molar-refractivity contribution in [2.24, 2.45) is 0 Å². The summed E-state index contributed by atoms with van der Waals surface area (Å²) in [5, 5.41) is 6.32. The van der Waals surface area contributed by atoms with Crippen LogP contribution in [-0.4, -0.2) is 15.9 Å². The molecule has 132 valence electrons. The first-order chi connectivity index (χ1) is 12.5. The van der Waals surface area contributed by atoms with E-state index >= 15 is 0 Å². The molecule has 0 atom stereocenters. The smallest absolute Gasteiger partial charge is 0.274 e. The van der Waals surface area contributed by atoms with Crippen LogP contribution < -0.4 is 10.6 Å². The Hall–Kier alpha value is -2.70. The number of aromatic nitrogens is 2. The highest BCUT2D eigenvalue weighted by molar-refractivity contribution is 6.44. The summed E-state index contributed by atoms with van der Waals surface area (Å²) < 4.78 is 12.9. The van der Waals surface area contributed by atoms with Gasteiger partial charge in [0.2, 0.25) is 0 Å². The van der Waals surface area contributed by atoms with Crippen LogP contribution in [0, 0.1) is 5.82 Å². The quantitative estimate of drug-likeness (QED) is 0.657. The van der Waals surface area contributed by atoms with Crippen molar-refractivity contribution in [3.8, 4) is 0 Å². The third-order valence-corrected chi connectivity index (χ3v) is 4.31. The second kappa shape index (κ2) is 8.12. The van der Waals surface area contributed by atoms with Crippen molar-refractivity contribution in [3.05, 3.63) is 82.0 Å². The van der Waals surface area contributed by atoms with Crippen molar-refractivity contribution < 1.29 is 9.18 Å². The number of anilines is 2. The fraction of sp³-hybridized carbons (Fsp3) is 0.0556. The summed E-state index contributed by atoms with van der Waals surface area (Å²) in [5.74, 6) is -0.275. The number of halogens is 3. The highest BCUT2D eigenvalue weighted by Crippen LogP contribution is 2.29. The van der Waals surface area contributed by atoms with E-state index in [-0.39, 0.29) is 16.5 Å². The molecular weight excluding hydrogens is 378 g/mol. The second-order valence-corrected chi connectivity index (χ2v) is 6.11. The number of hydrogen-bond donors (Lipinski definition) is 2. The van der Waals surface area contributed by atoms with Crippen LogP contribution in [-0.2, 0) is 6.54 Å². The first kappa shape index (κ1) is 18.1. The molecule has 0 fully saturated rings. The van der Waals surface area contributed by atoms with Crippen LogP contribution in [0.25, 0.3) is 0 Å². The molecule has 0 radical (unpaired) electrons. The Bertz CT molecular complexity index is 935. The van der Waals surface area contributed by atoms with Gasteiger partial charge >= 0.3 is 0 Å². The summed E-state index contributed by atoms with van der Waals surface area (Å²) in [5.41, 5.74) is 1.43. The molecule has 1 heterocycles. The average molecular weight is 391 g/mol. The van der Waals surface area contributed by atoms with Crippen LogP contribution in [0.3, 0.4) is 0 Å². The van der Waals surface area contributed by atoms with Gasteiger partial charge in [0.05, 0.1) is 15.7 Å². The third-order valence-electron chi connectivity index (χ3n) is 3.49. The van der Waals surface area contributed by atoms with E-state index in [2.05, 4.69) is 20.6 Å². The minimum absolute atomic E-state index is 0.164. The third kappa shape index (κ3) is 4.47. The first-order valence-electron chi connectivity index (χ1n) is 7.58. The lowest BCUT2D eigenvalue weighted by molar-refractivity contribution is 0.102. The molecule has 0 aliphatic heterocycles. The predicted octanol–water partition coefficient (Wildman–Crippen LogP) is 4.79. The number of carbonyl (C=O) groups excluding carboxylic acids is 1. The van der Waals surface area contributed by atoms with Gasteiger partial charge in [-0.25, -0.2) is 14.4 Å². The maximum absolute atomic E-state index is 12.9. The van der Waals surface area contributed by atoms with Crippen LogP contribution in [0.1, 0.15) is 16.1 Å². The molecular formula is C18H13Cl2FN4O. The van der Waals surface area contributed by atoms with Gasteiger partial charge in [0.25, 0.3) is 5.91 Å². The Morgan fingerprint density at radius 2 is 1.85 bits per heavy atom. The molecule has 3 rings (SSSR count). The Morgan fingerprint density at radius 3 is 2.62 bits per heavy atom. The molecule has 0 aliphatic carbocycles. The molecule has 2 N–H and O–H groups in total. The van der Waals surface area contributed by atoms with E-state index < -0.39 is 5.91 Å². The molecule has 0 aliphatic rings. The van der Waals surface area contributed by atoms with Gasteiger partial charge in [-0.2, -0.15) is 0 Å². The lowest BCUT2D eigenvalue weighted by Crippen LogP contribution is -2.15. The SMILES string of the molecule is O=C(Nc1cccc(Cl)c1Cl)c1cc(NCc2ccc(F)cc2)ncn1. The molecule has 0 saturated carbocycles. The predicted molar refractivity (Wildman–Crippen MR) is 100 cm³/mol. The average Bonchev–Trinajstić information content (AvgIpc) is 2.65. The van der Waals surface area contributed by atoms with Gasteiger partial charge in [-0.15, -0.1) is 0 Å². The molecule has 3 aromatic rings. The van der Waals surface area contributed by atoms with Crippen LogP contribution >= 0.6 is 23.2 Å². The fourth-order valence-corrected chi connectivity index (χ4v) is 2.51. The van der Waals surface area contributed by atoms with Crippen LogP contribution in [0.2, 0.25) is 10.0 Å². The van der Waals surface area contributed by atoms with Crippen molar-refractivity contribution in [2.45, 2.75) is 6.54 Å². The van der Waals surface area contributed by atoms with Crippen molar-refractivity contribution in [1.29, 1.82) is 0 Å². The molecule has 2 aromatic carbocycles. The summed E-state index contributed by atoms with van der Waals surface area (Å²) in [4.78, 5) is 20.4. The maximum Gasteiger partial charge on any atom is 0.274 e. The summed E-state index contributed by atoms with van der Waals surface area (Å²) >= 11 is 12.0. The number of benzene rings is 2. The van der Waals surface area contributed by atoms with Gasteiger partial charge in [0.15, 0.2) is 0 Å². The summed E-state index contributed by atoms with van der Waals surface area (Å²) in [6.07, 6.45) is 1.28. The number of hydrogen-bond acceptors (Lipinski definition) is 4. The van der Waals surface area contributed by atoms with Gasteiger partial charge in [-0.05, 0) is 29.8 Å². The zero-order valence-electron chi connectivity index (χ0n) is 13.3. The molecule has 8 heteroatoms. The summed E-state index contributed by atoms with van der Waals surface area (Å²) in [7, 11) is 0.